The maximum Gasteiger partial charge on any atom is 0.279 e. The smallest absolute Gasteiger partial charge is 0.279 e. The zero-order valence-electron chi connectivity index (χ0n) is 45.0. The predicted molar refractivity (Wildman–Crippen MR) is 314 cm³/mol. The van der Waals surface area contributed by atoms with Gasteiger partial charge in [0.25, 0.3) is 6.71 Å². The lowest BCUT2D eigenvalue weighted by Gasteiger charge is -2.44. The topological polar surface area (TPSA) is 19.4 Å². The molecule has 3 aliphatic rings. The second-order valence-electron chi connectivity index (χ2n) is 26.9. The third-order valence-electron chi connectivity index (χ3n) is 16.6. The molecule has 360 valence electrons. The SMILES string of the molecule is CC(C)(C)c1ccc(N2c3nc(C(C)(C)C)cc4c3B(c3sc5cc6ccc(C(C)(C)C)cc6cc5c3N4c3ccc4c(c3)C(C)(C)CCC4(C)C)c3sc4cc5ccc(C(C)(C)C)cc5cc4c32)cc1. The van der Waals surface area contributed by atoms with E-state index in [1.165, 1.54) is 114 Å². The van der Waals surface area contributed by atoms with Crippen LogP contribution in [0.3, 0.4) is 0 Å². The molecule has 12 rings (SSSR count). The van der Waals surface area contributed by atoms with Crippen LogP contribution in [0.4, 0.5) is 34.3 Å². The van der Waals surface area contributed by atoms with Gasteiger partial charge in [-0.2, -0.15) is 0 Å². The van der Waals surface area contributed by atoms with Crippen LogP contribution in [0.15, 0.2) is 109 Å². The second kappa shape index (κ2) is 15.1. The van der Waals surface area contributed by atoms with Crippen LogP contribution in [0.25, 0.3) is 41.7 Å². The van der Waals surface area contributed by atoms with E-state index < -0.39 is 0 Å². The maximum absolute atomic E-state index is 5.95. The summed E-state index contributed by atoms with van der Waals surface area (Å²) in [6.45, 7) is 37.7. The molecule has 0 spiro atoms. The summed E-state index contributed by atoms with van der Waals surface area (Å²) in [6.07, 6.45) is 2.35. The van der Waals surface area contributed by atoms with Crippen molar-refractivity contribution in [3.05, 3.63) is 143 Å². The number of pyridine rings is 1. The first-order chi connectivity index (χ1) is 33.2. The van der Waals surface area contributed by atoms with Gasteiger partial charge in [-0.25, -0.2) is 4.98 Å². The van der Waals surface area contributed by atoms with Crippen molar-refractivity contribution in [2.75, 3.05) is 9.80 Å². The van der Waals surface area contributed by atoms with Gasteiger partial charge in [0, 0.05) is 52.2 Å². The minimum absolute atomic E-state index is 0.0165. The first kappa shape index (κ1) is 46.6. The molecule has 0 unspecified atom stereocenters. The largest absolute Gasteiger partial charge is 0.310 e. The number of hydrogen-bond acceptors (Lipinski definition) is 5. The molecule has 9 aromatic rings. The van der Waals surface area contributed by atoms with Crippen LogP contribution in [-0.2, 0) is 32.5 Å². The predicted octanol–water partition coefficient (Wildman–Crippen LogP) is 17.4. The van der Waals surface area contributed by atoms with Crippen molar-refractivity contribution in [1.29, 1.82) is 0 Å². The first-order valence-corrected chi connectivity index (χ1v) is 27.7. The van der Waals surface area contributed by atoms with Gasteiger partial charge in [0.15, 0.2) is 0 Å². The van der Waals surface area contributed by atoms with Gasteiger partial charge in [-0.05, 0) is 149 Å². The summed E-state index contributed by atoms with van der Waals surface area (Å²) in [7, 11) is 0. The fraction of sp³-hybridized carbons (Fsp3) is 0.369. The Morgan fingerprint density at radius 2 is 0.944 bits per heavy atom. The Bertz CT molecular complexity index is 3710. The van der Waals surface area contributed by atoms with E-state index in [0.717, 1.165) is 23.6 Å². The van der Waals surface area contributed by atoms with E-state index in [0.29, 0.717) is 0 Å². The molecule has 0 amide bonds. The lowest BCUT2D eigenvalue weighted by atomic mass is 9.39. The van der Waals surface area contributed by atoms with E-state index in [4.69, 9.17) is 4.98 Å². The second-order valence-corrected chi connectivity index (χ2v) is 29.0. The molecule has 6 heteroatoms. The van der Waals surface area contributed by atoms with Crippen molar-refractivity contribution in [1.82, 2.24) is 4.98 Å². The Labute approximate surface area is 431 Å². The zero-order chi connectivity index (χ0) is 50.3. The van der Waals surface area contributed by atoms with Gasteiger partial charge in [0.1, 0.15) is 5.82 Å². The van der Waals surface area contributed by atoms with E-state index in [2.05, 4.69) is 230 Å². The third kappa shape index (κ3) is 7.26. The number of anilines is 6. The Morgan fingerprint density at radius 3 is 1.45 bits per heavy atom. The molecule has 71 heavy (non-hydrogen) atoms. The standard InChI is InChI=1S/C65H70BN3S2/c1-60(2,3)41-21-23-44(24-22-41)69-56-47-32-40-30-43(62(7,8)9)20-18-38(40)34-52(47)71-58(56)66-54-50(36-53(63(10,11)12)67-59(54)69)68(45-25-26-48-49(35-45)65(15,16)28-27-64(48,13)14)55-46-31-39-29-42(61(4,5)6)19-17-37(39)33-51(46)70-57(55)66/h17-26,29-36H,27-28H2,1-16H3. The molecule has 0 N–H and O–H groups in total. The minimum atomic E-state index is -0.233. The first-order valence-electron chi connectivity index (χ1n) is 26.1. The maximum atomic E-state index is 5.95. The van der Waals surface area contributed by atoms with E-state index in [-0.39, 0.29) is 39.2 Å². The molecule has 1 aliphatic carbocycles. The molecule has 3 nitrogen and oxygen atoms in total. The lowest BCUT2D eigenvalue weighted by Crippen LogP contribution is -2.60. The zero-order valence-corrected chi connectivity index (χ0v) is 46.7. The highest BCUT2D eigenvalue weighted by molar-refractivity contribution is 7.40. The van der Waals surface area contributed by atoms with Crippen LogP contribution in [0.2, 0.25) is 0 Å². The fourth-order valence-corrected chi connectivity index (χ4v) is 14.7. The summed E-state index contributed by atoms with van der Waals surface area (Å²) in [4.78, 5) is 11.2. The molecule has 0 radical (unpaired) electrons. The molecular formula is C65H70BN3S2. The highest BCUT2D eigenvalue weighted by Crippen LogP contribution is 2.54. The quantitative estimate of drug-likeness (QED) is 0.161. The number of thiophene rings is 2. The summed E-state index contributed by atoms with van der Waals surface area (Å²) in [5, 5.41) is 7.78. The van der Waals surface area contributed by atoms with Crippen molar-refractivity contribution >= 4 is 120 Å². The number of hydrogen-bond donors (Lipinski definition) is 0. The van der Waals surface area contributed by atoms with Gasteiger partial charge in [0.2, 0.25) is 0 Å². The molecule has 2 aliphatic heterocycles. The number of rotatable bonds is 2. The summed E-state index contributed by atoms with van der Waals surface area (Å²) in [5.41, 5.74) is 15.6. The van der Waals surface area contributed by atoms with E-state index >= 15 is 0 Å². The highest BCUT2D eigenvalue weighted by Gasteiger charge is 2.49. The van der Waals surface area contributed by atoms with E-state index in [1.54, 1.807) is 0 Å². The Morgan fingerprint density at radius 1 is 0.465 bits per heavy atom. The number of fused-ring (bicyclic) bond motifs is 11. The van der Waals surface area contributed by atoms with Crippen molar-refractivity contribution in [3.63, 3.8) is 0 Å². The average Bonchev–Trinajstić information content (AvgIpc) is 3.84. The monoisotopic (exact) mass is 968 g/mol. The Balaban J connectivity index is 1.23. The van der Waals surface area contributed by atoms with Crippen molar-refractivity contribution in [3.8, 4) is 0 Å². The van der Waals surface area contributed by atoms with Crippen molar-refractivity contribution in [2.24, 2.45) is 0 Å². The van der Waals surface area contributed by atoms with Crippen LogP contribution in [-0.4, -0.2) is 11.7 Å². The van der Waals surface area contributed by atoms with Gasteiger partial charge in [-0.3, -0.25) is 4.90 Å². The molecule has 3 aromatic heterocycles. The van der Waals surface area contributed by atoms with E-state index in [1.807, 2.05) is 22.7 Å². The normalized spacial score (nSPS) is 16.5. The van der Waals surface area contributed by atoms with Crippen LogP contribution in [0.5, 0.6) is 0 Å². The highest BCUT2D eigenvalue weighted by atomic mass is 32.1. The van der Waals surface area contributed by atoms with E-state index in [9.17, 15) is 0 Å². The summed E-state index contributed by atoms with van der Waals surface area (Å²) < 4.78 is 5.44. The third-order valence-corrected chi connectivity index (χ3v) is 19.0. The molecule has 0 saturated carbocycles. The molecule has 0 atom stereocenters. The summed E-state index contributed by atoms with van der Waals surface area (Å²) in [6, 6.07) is 43.7. The molecule has 6 aromatic carbocycles. The van der Waals surface area contributed by atoms with Crippen molar-refractivity contribution in [2.45, 2.75) is 156 Å². The number of aromatic nitrogens is 1. The van der Waals surface area contributed by atoms with Gasteiger partial charge < -0.3 is 4.90 Å². The molecule has 0 fully saturated rings. The fourth-order valence-electron chi connectivity index (χ4n) is 12.0. The lowest BCUT2D eigenvalue weighted by molar-refractivity contribution is 0.332. The minimum Gasteiger partial charge on any atom is -0.310 e. The van der Waals surface area contributed by atoms with Crippen LogP contribution < -0.4 is 24.8 Å². The summed E-state index contributed by atoms with van der Waals surface area (Å²) in [5.74, 6) is 1.05. The molecule has 0 bridgehead atoms. The van der Waals surface area contributed by atoms with Crippen LogP contribution in [0, 0.1) is 0 Å². The van der Waals surface area contributed by atoms with Crippen LogP contribution >= 0.6 is 22.7 Å². The van der Waals surface area contributed by atoms with Gasteiger partial charge in [0.05, 0.1) is 17.1 Å². The van der Waals surface area contributed by atoms with Crippen LogP contribution in [0.1, 0.15) is 157 Å². The summed E-state index contributed by atoms with van der Waals surface area (Å²) >= 11 is 3.99. The van der Waals surface area contributed by atoms with Gasteiger partial charge in [-0.15, -0.1) is 22.7 Å². The number of benzene rings is 6. The number of nitrogens with zero attached hydrogens (tertiary/aromatic N) is 3. The van der Waals surface area contributed by atoms with Crippen molar-refractivity contribution < 1.29 is 0 Å². The van der Waals surface area contributed by atoms with Gasteiger partial charge >= 0.3 is 0 Å². The molecule has 0 saturated heterocycles. The Hall–Kier alpha value is -5.43. The molecular weight excluding hydrogens is 898 g/mol. The van der Waals surface area contributed by atoms with Gasteiger partial charge in [-0.1, -0.05) is 165 Å². The average molecular weight is 968 g/mol. The molecule has 5 heterocycles. The Kier molecular flexibility index (Phi) is 9.90.